The molecule has 0 radical (unpaired) electrons. The molecule has 4 rings (SSSR count). The van der Waals surface area contributed by atoms with Crippen molar-refractivity contribution < 1.29 is 9.59 Å². The molecule has 0 unspecified atom stereocenters. The van der Waals surface area contributed by atoms with Crippen LogP contribution in [-0.4, -0.2) is 66.5 Å². The van der Waals surface area contributed by atoms with Crippen molar-refractivity contribution in [2.75, 3.05) is 39.9 Å². The molecule has 2 fully saturated rings. The van der Waals surface area contributed by atoms with E-state index in [9.17, 15) is 9.59 Å². The Kier molecular flexibility index (Phi) is 4.68. The maximum absolute atomic E-state index is 13.6. The van der Waals surface area contributed by atoms with Gasteiger partial charge in [-0.2, -0.15) is 0 Å². The highest BCUT2D eigenvalue weighted by molar-refractivity contribution is 6.09. The quantitative estimate of drug-likeness (QED) is 0.839. The fraction of sp³-hybridized carbons (Fsp3) is 0.333. The molecule has 27 heavy (non-hydrogen) atoms. The van der Waals surface area contributed by atoms with Crippen LogP contribution in [0.15, 0.2) is 60.7 Å². The summed E-state index contributed by atoms with van der Waals surface area (Å²) in [5.74, 6) is -0.219. The molecule has 0 saturated carbocycles. The van der Waals surface area contributed by atoms with Crippen LogP contribution in [0.1, 0.15) is 11.1 Å². The van der Waals surface area contributed by atoms with Gasteiger partial charge in [0.2, 0.25) is 0 Å². The van der Waals surface area contributed by atoms with Crippen LogP contribution in [0.2, 0.25) is 0 Å². The number of nitrogens with zero attached hydrogens (tertiary/aromatic N) is 3. The van der Waals surface area contributed by atoms with Crippen LogP contribution in [0.4, 0.5) is 4.79 Å². The monoisotopic (exact) mass is 364 g/mol. The first-order chi connectivity index (χ1) is 13.1. The van der Waals surface area contributed by atoms with Gasteiger partial charge in [0.25, 0.3) is 5.91 Å². The predicted octanol–water partition coefficient (Wildman–Crippen LogP) is 1.69. The van der Waals surface area contributed by atoms with Gasteiger partial charge in [0.15, 0.2) is 5.54 Å². The number of piperazine rings is 1. The van der Waals surface area contributed by atoms with Gasteiger partial charge in [0, 0.05) is 26.2 Å². The fourth-order valence-corrected chi connectivity index (χ4v) is 3.83. The first-order valence-electron chi connectivity index (χ1n) is 9.27. The molecule has 0 aliphatic carbocycles. The number of imide groups is 1. The van der Waals surface area contributed by atoms with Gasteiger partial charge in [-0.05, 0) is 18.2 Å². The summed E-state index contributed by atoms with van der Waals surface area (Å²) < 4.78 is 0. The molecular formula is C21H24N4O2. The van der Waals surface area contributed by atoms with Gasteiger partial charge < -0.3 is 10.2 Å². The molecule has 0 bridgehead atoms. The van der Waals surface area contributed by atoms with Crippen LogP contribution in [0.3, 0.4) is 0 Å². The van der Waals surface area contributed by atoms with Crippen LogP contribution in [0.25, 0.3) is 0 Å². The van der Waals surface area contributed by atoms with E-state index in [0.717, 1.165) is 37.3 Å². The van der Waals surface area contributed by atoms with Crippen LogP contribution in [0, 0.1) is 0 Å². The second kappa shape index (κ2) is 7.13. The lowest BCUT2D eigenvalue weighted by Gasteiger charge is -2.34. The highest BCUT2D eigenvalue weighted by Gasteiger charge is 2.53. The van der Waals surface area contributed by atoms with Crippen LogP contribution >= 0.6 is 0 Å². The number of hydrogen-bond donors (Lipinski definition) is 1. The number of rotatable bonds is 4. The smallest absolute Gasteiger partial charge is 0.315 e. The normalized spacial score (nSPS) is 20.7. The van der Waals surface area contributed by atoms with Gasteiger partial charge in [-0.15, -0.1) is 0 Å². The molecule has 2 aliphatic heterocycles. The number of urea groups is 1. The number of hydrogen-bond acceptors (Lipinski definition) is 4. The lowest BCUT2D eigenvalue weighted by molar-refractivity contribution is -0.132. The van der Waals surface area contributed by atoms with E-state index < -0.39 is 5.54 Å². The number of carbonyl (C=O) groups excluding carboxylic acids is 2. The van der Waals surface area contributed by atoms with E-state index >= 15 is 0 Å². The third-order valence-corrected chi connectivity index (χ3v) is 5.46. The summed E-state index contributed by atoms with van der Waals surface area (Å²) in [5, 5.41) is 3.00. The molecule has 6 heteroatoms. The highest BCUT2D eigenvalue weighted by atomic mass is 16.2. The Morgan fingerprint density at radius 1 is 0.852 bits per heavy atom. The third kappa shape index (κ3) is 3.11. The topological polar surface area (TPSA) is 55.9 Å². The Morgan fingerprint density at radius 2 is 1.37 bits per heavy atom. The lowest BCUT2D eigenvalue weighted by atomic mass is 9.83. The Bertz CT molecular complexity index is 777. The first-order valence-corrected chi connectivity index (χ1v) is 9.27. The molecule has 3 amide bonds. The minimum absolute atomic E-state index is 0.219. The van der Waals surface area contributed by atoms with E-state index in [1.165, 1.54) is 4.90 Å². The van der Waals surface area contributed by atoms with Crippen molar-refractivity contribution in [3.8, 4) is 0 Å². The maximum Gasteiger partial charge on any atom is 0.326 e. The van der Waals surface area contributed by atoms with E-state index in [-0.39, 0.29) is 11.9 Å². The number of carbonyl (C=O) groups is 2. The SMILES string of the molecule is CN1CCN(CN2C(=O)NC(c3ccccc3)(c3ccccc3)C2=O)CC1. The molecular weight excluding hydrogens is 340 g/mol. The number of likely N-dealkylation sites (N-methyl/N-ethyl adjacent to an activating group) is 1. The summed E-state index contributed by atoms with van der Waals surface area (Å²) in [7, 11) is 2.08. The fourth-order valence-electron chi connectivity index (χ4n) is 3.83. The number of amides is 3. The molecule has 0 spiro atoms. The van der Waals surface area contributed by atoms with Crippen molar-refractivity contribution >= 4 is 11.9 Å². The summed E-state index contributed by atoms with van der Waals surface area (Å²) in [6.45, 7) is 3.88. The van der Waals surface area contributed by atoms with Crippen molar-refractivity contribution in [1.29, 1.82) is 0 Å². The van der Waals surface area contributed by atoms with Gasteiger partial charge in [-0.3, -0.25) is 9.69 Å². The van der Waals surface area contributed by atoms with Crippen LogP contribution in [0.5, 0.6) is 0 Å². The van der Waals surface area contributed by atoms with E-state index in [0.29, 0.717) is 6.67 Å². The van der Waals surface area contributed by atoms with E-state index in [2.05, 4.69) is 22.2 Å². The van der Waals surface area contributed by atoms with Gasteiger partial charge in [-0.1, -0.05) is 60.7 Å². The zero-order valence-corrected chi connectivity index (χ0v) is 15.5. The Balaban J connectivity index is 1.69. The van der Waals surface area contributed by atoms with Crippen LogP contribution in [-0.2, 0) is 10.3 Å². The van der Waals surface area contributed by atoms with E-state index in [4.69, 9.17) is 0 Å². The summed E-state index contributed by atoms with van der Waals surface area (Å²) in [6, 6.07) is 18.6. The highest BCUT2D eigenvalue weighted by Crippen LogP contribution is 2.36. The molecule has 1 N–H and O–H groups in total. The Morgan fingerprint density at radius 3 is 1.89 bits per heavy atom. The van der Waals surface area contributed by atoms with Crippen molar-refractivity contribution in [3.63, 3.8) is 0 Å². The number of nitrogens with one attached hydrogen (secondary N) is 1. The molecule has 2 aliphatic rings. The Labute approximate surface area is 159 Å². The van der Waals surface area contributed by atoms with Crippen molar-refractivity contribution in [1.82, 2.24) is 20.0 Å². The molecule has 2 heterocycles. The standard InChI is InChI=1S/C21H24N4O2/c1-23-12-14-24(15-13-23)16-25-19(26)21(22-20(25)27,17-8-4-2-5-9-17)18-10-6-3-7-11-18/h2-11H,12-16H2,1H3,(H,22,27). The average Bonchev–Trinajstić information content (AvgIpc) is 2.96. The minimum Gasteiger partial charge on any atom is -0.315 e. The second-order valence-corrected chi connectivity index (χ2v) is 7.21. The molecule has 2 aromatic rings. The van der Waals surface area contributed by atoms with Gasteiger partial charge in [-0.25, -0.2) is 9.69 Å². The van der Waals surface area contributed by atoms with Crippen molar-refractivity contribution in [3.05, 3.63) is 71.8 Å². The van der Waals surface area contributed by atoms with Gasteiger partial charge in [0.05, 0.1) is 6.67 Å². The maximum atomic E-state index is 13.6. The van der Waals surface area contributed by atoms with Crippen molar-refractivity contribution in [2.24, 2.45) is 0 Å². The summed E-state index contributed by atoms with van der Waals surface area (Å²) in [5.41, 5.74) is 0.373. The molecule has 140 valence electrons. The van der Waals surface area contributed by atoms with E-state index in [1.54, 1.807) is 0 Å². The second-order valence-electron chi connectivity index (χ2n) is 7.21. The summed E-state index contributed by atoms with van der Waals surface area (Å²) in [6.07, 6.45) is 0. The molecule has 2 saturated heterocycles. The van der Waals surface area contributed by atoms with Gasteiger partial charge in [0.1, 0.15) is 0 Å². The molecule has 0 aromatic heterocycles. The lowest BCUT2D eigenvalue weighted by Crippen LogP contribution is -2.51. The zero-order valence-electron chi connectivity index (χ0n) is 15.5. The average molecular weight is 364 g/mol. The first kappa shape index (κ1) is 17.7. The summed E-state index contributed by atoms with van der Waals surface area (Å²) in [4.78, 5) is 32.2. The number of benzene rings is 2. The van der Waals surface area contributed by atoms with Crippen LogP contribution < -0.4 is 5.32 Å². The predicted molar refractivity (Wildman–Crippen MR) is 103 cm³/mol. The Hall–Kier alpha value is -2.70. The molecule has 2 aromatic carbocycles. The van der Waals surface area contributed by atoms with E-state index in [1.807, 2.05) is 60.7 Å². The minimum atomic E-state index is -1.17. The zero-order chi connectivity index (χ0) is 18.9. The van der Waals surface area contributed by atoms with Crippen molar-refractivity contribution in [2.45, 2.75) is 5.54 Å². The molecule has 0 atom stereocenters. The molecule has 6 nitrogen and oxygen atoms in total. The largest absolute Gasteiger partial charge is 0.326 e. The summed E-state index contributed by atoms with van der Waals surface area (Å²) >= 11 is 0. The third-order valence-electron chi connectivity index (χ3n) is 5.46. The van der Waals surface area contributed by atoms with Gasteiger partial charge >= 0.3 is 6.03 Å².